The van der Waals surface area contributed by atoms with Crippen LogP contribution in [-0.4, -0.2) is 15.5 Å². The lowest BCUT2D eigenvalue weighted by Crippen LogP contribution is -2.18. The molecule has 0 radical (unpaired) electrons. The number of pyridine rings is 1. The van der Waals surface area contributed by atoms with Crippen LogP contribution in [0.2, 0.25) is 0 Å². The molecular formula is C27H22N2O3S. The predicted molar refractivity (Wildman–Crippen MR) is 132 cm³/mol. The third-order valence-electron chi connectivity index (χ3n) is 5.71. The molecule has 0 unspecified atom stereocenters. The van der Waals surface area contributed by atoms with Crippen LogP contribution in [-0.2, 0) is 29.1 Å². The zero-order valence-electron chi connectivity index (χ0n) is 18.2. The van der Waals surface area contributed by atoms with Crippen LogP contribution in [0.5, 0.6) is 0 Å². The lowest BCUT2D eigenvalue weighted by Gasteiger charge is -2.14. The van der Waals surface area contributed by atoms with Crippen LogP contribution in [0.3, 0.4) is 0 Å². The van der Waals surface area contributed by atoms with E-state index in [1.54, 1.807) is 12.1 Å². The molecule has 0 aliphatic rings. The number of aromatic nitrogens is 2. The van der Waals surface area contributed by atoms with Gasteiger partial charge in [-0.3, -0.25) is 9.59 Å². The van der Waals surface area contributed by atoms with Crippen molar-refractivity contribution in [2.24, 2.45) is 0 Å². The fourth-order valence-corrected chi connectivity index (χ4v) is 4.78. The van der Waals surface area contributed by atoms with Crippen molar-refractivity contribution >= 4 is 39.1 Å². The molecule has 0 N–H and O–H groups in total. The quantitative estimate of drug-likeness (QED) is 0.248. The van der Waals surface area contributed by atoms with Crippen LogP contribution < -0.4 is 5.43 Å². The summed E-state index contributed by atoms with van der Waals surface area (Å²) in [4.78, 5) is 30.2. The molecule has 164 valence electrons. The van der Waals surface area contributed by atoms with Gasteiger partial charge in [-0.05, 0) is 36.2 Å². The number of fused-ring (bicyclic) bond motifs is 2. The van der Waals surface area contributed by atoms with Crippen LogP contribution in [0.25, 0.3) is 32.4 Å². The van der Waals surface area contributed by atoms with Gasteiger partial charge in [0.1, 0.15) is 18.2 Å². The van der Waals surface area contributed by atoms with Crippen molar-refractivity contribution in [3.63, 3.8) is 0 Å². The first-order valence-electron chi connectivity index (χ1n) is 10.8. The van der Waals surface area contributed by atoms with Crippen molar-refractivity contribution in [1.82, 2.24) is 9.55 Å². The van der Waals surface area contributed by atoms with Crippen LogP contribution >= 0.6 is 11.3 Å². The van der Waals surface area contributed by atoms with Crippen LogP contribution in [0.1, 0.15) is 18.2 Å². The normalized spacial score (nSPS) is 11.2. The van der Waals surface area contributed by atoms with Crippen molar-refractivity contribution in [1.29, 1.82) is 0 Å². The van der Waals surface area contributed by atoms with E-state index in [9.17, 15) is 9.59 Å². The highest BCUT2D eigenvalue weighted by Crippen LogP contribution is 2.25. The molecule has 2 heterocycles. The predicted octanol–water partition coefficient (Wildman–Crippen LogP) is 5.58. The number of ether oxygens (including phenoxy) is 1. The Kier molecular flexibility index (Phi) is 5.75. The van der Waals surface area contributed by atoms with Gasteiger partial charge in [0.15, 0.2) is 5.43 Å². The first-order valence-corrected chi connectivity index (χ1v) is 11.7. The first-order chi connectivity index (χ1) is 16.1. The van der Waals surface area contributed by atoms with Crippen LogP contribution in [0.4, 0.5) is 0 Å². The van der Waals surface area contributed by atoms with E-state index in [0.29, 0.717) is 21.8 Å². The van der Waals surface area contributed by atoms with E-state index in [1.165, 1.54) is 16.9 Å². The fourth-order valence-electron chi connectivity index (χ4n) is 3.97. The zero-order valence-corrected chi connectivity index (χ0v) is 19.0. The third-order valence-corrected chi connectivity index (χ3v) is 6.65. The van der Waals surface area contributed by atoms with Gasteiger partial charge in [-0.25, -0.2) is 4.98 Å². The molecule has 0 fully saturated rings. The molecule has 0 saturated heterocycles. The SMILES string of the molecule is CCc1ccc(-c2nc(COC(=O)Cn3c4ccccc4c(=O)c4ccccc43)cs2)cc1. The Morgan fingerprint density at radius 2 is 1.58 bits per heavy atom. The minimum absolute atomic E-state index is 0.0107. The Hall–Kier alpha value is -3.77. The molecule has 5 rings (SSSR count). The molecular weight excluding hydrogens is 432 g/mol. The van der Waals surface area contributed by atoms with Gasteiger partial charge in [0, 0.05) is 21.7 Å². The molecule has 5 nitrogen and oxygen atoms in total. The molecule has 0 bridgehead atoms. The van der Waals surface area contributed by atoms with Gasteiger partial charge < -0.3 is 9.30 Å². The minimum atomic E-state index is -0.379. The first kappa shape index (κ1) is 21.1. The van der Waals surface area contributed by atoms with E-state index in [2.05, 4.69) is 36.2 Å². The summed E-state index contributed by atoms with van der Waals surface area (Å²) in [6.07, 6.45) is 0.999. The highest BCUT2D eigenvalue weighted by molar-refractivity contribution is 7.13. The van der Waals surface area contributed by atoms with E-state index in [0.717, 1.165) is 22.7 Å². The summed E-state index contributed by atoms with van der Waals surface area (Å²) in [6.45, 7) is 2.25. The Balaban J connectivity index is 1.35. The lowest BCUT2D eigenvalue weighted by atomic mass is 10.1. The smallest absolute Gasteiger partial charge is 0.326 e. The Bertz CT molecular complexity index is 1460. The molecule has 0 spiro atoms. The highest BCUT2D eigenvalue weighted by Gasteiger charge is 2.14. The summed E-state index contributed by atoms with van der Waals surface area (Å²) in [5.41, 5.74) is 4.45. The number of nitrogens with zero attached hydrogens (tertiary/aromatic N) is 2. The number of rotatable bonds is 6. The topological polar surface area (TPSA) is 61.2 Å². The standard InChI is InChI=1S/C27H22N2O3S/c1-2-18-11-13-19(14-12-18)27-28-20(17-33-27)16-32-25(30)15-29-23-9-5-3-7-21(23)26(31)22-8-4-6-10-24(22)29/h3-14,17H,2,15-16H2,1H3. The molecule has 33 heavy (non-hydrogen) atoms. The number of para-hydroxylation sites is 2. The van der Waals surface area contributed by atoms with Gasteiger partial charge in [0.2, 0.25) is 0 Å². The van der Waals surface area contributed by atoms with E-state index >= 15 is 0 Å². The number of hydrogen-bond acceptors (Lipinski definition) is 5. The number of benzene rings is 3. The molecule has 0 aliphatic heterocycles. The molecule has 3 aromatic carbocycles. The van der Waals surface area contributed by atoms with Gasteiger partial charge in [0.25, 0.3) is 0 Å². The summed E-state index contributed by atoms with van der Waals surface area (Å²) in [5.74, 6) is -0.379. The number of carbonyl (C=O) groups is 1. The Morgan fingerprint density at radius 3 is 2.21 bits per heavy atom. The number of esters is 1. The maximum Gasteiger partial charge on any atom is 0.326 e. The average molecular weight is 455 g/mol. The molecule has 0 aliphatic carbocycles. The second kappa shape index (κ2) is 9.00. The Morgan fingerprint density at radius 1 is 0.939 bits per heavy atom. The van der Waals surface area contributed by atoms with Gasteiger partial charge in [-0.15, -0.1) is 11.3 Å². The van der Waals surface area contributed by atoms with E-state index < -0.39 is 0 Å². The molecule has 5 aromatic rings. The summed E-state index contributed by atoms with van der Waals surface area (Å²) in [6, 6.07) is 23.0. The van der Waals surface area contributed by atoms with Crippen molar-refractivity contribution in [2.45, 2.75) is 26.5 Å². The summed E-state index contributed by atoms with van der Waals surface area (Å²) in [5, 5.41) is 3.99. The van der Waals surface area contributed by atoms with Crippen LogP contribution in [0, 0.1) is 0 Å². The molecule has 6 heteroatoms. The van der Waals surface area contributed by atoms with Crippen molar-refractivity contribution in [3.8, 4) is 10.6 Å². The maximum atomic E-state index is 12.9. The number of aryl methyl sites for hydroxylation is 1. The molecule has 0 saturated carbocycles. The van der Waals surface area contributed by atoms with Gasteiger partial charge in [-0.1, -0.05) is 55.5 Å². The average Bonchev–Trinajstić information content (AvgIpc) is 3.34. The zero-order chi connectivity index (χ0) is 22.8. The second-order valence-electron chi connectivity index (χ2n) is 7.80. The molecule has 0 amide bonds. The van der Waals surface area contributed by atoms with Crippen molar-refractivity contribution < 1.29 is 9.53 Å². The lowest BCUT2D eigenvalue weighted by molar-refractivity contribution is -0.145. The summed E-state index contributed by atoms with van der Waals surface area (Å²) < 4.78 is 7.40. The van der Waals surface area contributed by atoms with Crippen molar-refractivity contribution in [2.75, 3.05) is 0 Å². The number of thiazole rings is 1. The summed E-state index contributed by atoms with van der Waals surface area (Å²) >= 11 is 1.53. The largest absolute Gasteiger partial charge is 0.458 e. The molecule has 0 atom stereocenters. The van der Waals surface area contributed by atoms with Gasteiger partial charge in [0.05, 0.1) is 16.7 Å². The maximum absolute atomic E-state index is 12.9. The third kappa shape index (κ3) is 4.17. The van der Waals surface area contributed by atoms with Crippen molar-refractivity contribution in [3.05, 3.63) is 99.7 Å². The highest BCUT2D eigenvalue weighted by atomic mass is 32.1. The van der Waals surface area contributed by atoms with Gasteiger partial charge in [-0.2, -0.15) is 0 Å². The van der Waals surface area contributed by atoms with Crippen LogP contribution in [0.15, 0.2) is 83.0 Å². The summed E-state index contributed by atoms with van der Waals surface area (Å²) in [7, 11) is 0. The Labute approximate surface area is 194 Å². The monoisotopic (exact) mass is 454 g/mol. The van der Waals surface area contributed by atoms with E-state index in [-0.39, 0.29) is 24.5 Å². The number of carbonyl (C=O) groups excluding carboxylic acids is 1. The fraction of sp³-hybridized carbons (Fsp3) is 0.148. The second-order valence-corrected chi connectivity index (χ2v) is 8.66. The molecule has 2 aromatic heterocycles. The minimum Gasteiger partial charge on any atom is -0.458 e. The van der Waals surface area contributed by atoms with Gasteiger partial charge >= 0.3 is 5.97 Å². The van der Waals surface area contributed by atoms with E-state index in [4.69, 9.17) is 4.74 Å². The number of hydrogen-bond donors (Lipinski definition) is 0. The van der Waals surface area contributed by atoms with E-state index in [1.807, 2.05) is 46.3 Å².